The molecule has 1 N–H and O–H groups in total. The Morgan fingerprint density at radius 2 is 1.76 bits per heavy atom. The molecule has 3 atom stereocenters. The van der Waals surface area contributed by atoms with E-state index in [1.165, 1.54) is 51.4 Å². The lowest BCUT2D eigenvalue weighted by atomic mass is 9.73. The highest BCUT2D eigenvalue weighted by Crippen LogP contribution is 2.35. The lowest BCUT2D eigenvalue weighted by Gasteiger charge is -2.38. The first-order valence-electron chi connectivity index (χ1n) is 7.90. The molecule has 0 aromatic heterocycles. The Morgan fingerprint density at radius 1 is 1.12 bits per heavy atom. The van der Waals surface area contributed by atoms with Gasteiger partial charge in [-0.3, -0.25) is 0 Å². The zero-order valence-electron chi connectivity index (χ0n) is 12.5. The van der Waals surface area contributed by atoms with Crippen LogP contribution in [-0.4, -0.2) is 13.1 Å². The molecule has 0 aromatic carbocycles. The Bertz CT molecular complexity index is 179. The van der Waals surface area contributed by atoms with Crippen molar-refractivity contribution in [1.29, 1.82) is 0 Å². The third-order valence-electron chi connectivity index (χ3n) is 4.64. The van der Waals surface area contributed by atoms with Crippen LogP contribution in [0.25, 0.3) is 0 Å². The first kappa shape index (κ1) is 15.0. The summed E-state index contributed by atoms with van der Waals surface area (Å²) in [6.07, 6.45) is 11.3. The van der Waals surface area contributed by atoms with E-state index in [9.17, 15) is 0 Å². The first-order valence-corrected chi connectivity index (χ1v) is 7.90. The van der Waals surface area contributed by atoms with Gasteiger partial charge in [-0.1, -0.05) is 46.5 Å². The van der Waals surface area contributed by atoms with Gasteiger partial charge in [0.15, 0.2) is 0 Å². The van der Waals surface area contributed by atoms with E-state index in [0.29, 0.717) is 0 Å². The van der Waals surface area contributed by atoms with Gasteiger partial charge in [-0.15, -0.1) is 0 Å². The van der Waals surface area contributed by atoms with E-state index >= 15 is 0 Å². The molecular formula is C16H33N. The van der Waals surface area contributed by atoms with Gasteiger partial charge in [0.1, 0.15) is 0 Å². The van der Waals surface area contributed by atoms with E-state index in [2.05, 4.69) is 33.1 Å². The smallest absolute Gasteiger partial charge is 0.0121 e. The minimum absolute atomic E-state index is 0.776. The zero-order valence-corrected chi connectivity index (χ0v) is 12.5. The summed E-state index contributed by atoms with van der Waals surface area (Å²) >= 11 is 0. The second-order valence-electron chi connectivity index (χ2n) is 6.18. The summed E-state index contributed by atoms with van der Waals surface area (Å²) in [5, 5.41) is 3.66. The quantitative estimate of drug-likeness (QED) is 0.683. The molecule has 1 fully saturated rings. The fourth-order valence-corrected chi connectivity index (χ4v) is 3.91. The van der Waals surface area contributed by atoms with Gasteiger partial charge in [-0.2, -0.15) is 0 Å². The van der Waals surface area contributed by atoms with Crippen LogP contribution in [-0.2, 0) is 0 Å². The molecule has 0 spiro atoms. The Morgan fingerprint density at radius 3 is 2.24 bits per heavy atom. The summed E-state index contributed by atoms with van der Waals surface area (Å²) in [6, 6.07) is 0.776. The van der Waals surface area contributed by atoms with Gasteiger partial charge in [-0.05, 0) is 50.5 Å². The molecule has 0 bridgehead atoms. The van der Waals surface area contributed by atoms with Gasteiger partial charge in [0, 0.05) is 6.04 Å². The van der Waals surface area contributed by atoms with Crippen LogP contribution in [0, 0.1) is 17.8 Å². The van der Waals surface area contributed by atoms with Gasteiger partial charge in [0.25, 0.3) is 0 Å². The predicted octanol–water partition coefficient (Wildman–Crippen LogP) is 4.62. The molecule has 1 rings (SSSR count). The van der Waals surface area contributed by atoms with E-state index in [4.69, 9.17) is 0 Å². The number of rotatable bonds is 7. The topological polar surface area (TPSA) is 12.0 Å². The van der Waals surface area contributed by atoms with Crippen molar-refractivity contribution in [2.45, 2.75) is 78.2 Å². The molecule has 0 amide bonds. The van der Waals surface area contributed by atoms with Crippen LogP contribution in [0.5, 0.6) is 0 Å². The fraction of sp³-hybridized carbons (Fsp3) is 1.00. The van der Waals surface area contributed by atoms with Gasteiger partial charge < -0.3 is 5.32 Å². The molecule has 1 heteroatoms. The molecule has 1 aliphatic carbocycles. The average Bonchev–Trinajstić information content (AvgIpc) is 2.31. The van der Waals surface area contributed by atoms with Crippen LogP contribution in [0.2, 0.25) is 0 Å². The largest absolute Gasteiger partial charge is 0.316 e. The summed E-state index contributed by atoms with van der Waals surface area (Å²) in [4.78, 5) is 0. The fourth-order valence-electron chi connectivity index (χ4n) is 3.91. The minimum atomic E-state index is 0.776. The number of nitrogens with one attached hydrogen (secondary N) is 1. The van der Waals surface area contributed by atoms with Crippen molar-refractivity contribution in [2.75, 3.05) is 7.05 Å². The molecule has 17 heavy (non-hydrogen) atoms. The summed E-state index contributed by atoms with van der Waals surface area (Å²) in [5.41, 5.74) is 0. The summed E-state index contributed by atoms with van der Waals surface area (Å²) in [6.45, 7) is 7.10. The van der Waals surface area contributed by atoms with Crippen LogP contribution in [0.3, 0.4) is 0 Å². The SMILES string of the molecule is CCCC(CCC)C(NC)C1CCCC(C)C1. The molecule has 1 nitrogen and oxygen atoms in total. The van der Waals surface area contributed by atoms with Crippen molar-refractivity contribution in [3.8, 4) is 0 Å². The van der Waals surface area contributed by atoms with Crippen molar-refractivity contribution in [1.82, 2.24) is 5.32 Å². The zero-order chi connectivity index (χ0) is 12.7. The second kappa shape index (κ2) is 8.13. The summed E-state index contributed by atoms with van der Waals surface area (Å²) < 4.78 is 0. The van der Waals surface area contributed by atoms with Gasteiger partial charge in [-0.25, -0.2) is 0 Å². The number of hydrogen-bond acceptors (Lipinski definition) is 1. The molecule has 1 saturated carbocycles. The molecule has 0 saturated heterocycles. The molecule has 0 aromatic rings. The van der Waals surface area contributed by atoms with Crippen LogP contribution in [0.1, 0.15) is 72.1 Å². The summed E-state index contributed by atoms with van der Waals surface area (Å²) in [7, 11) is 2.18. The second-order valence-corrected chi connectivity index (χ2v) is 6.18. The van der Waals surface area contributed by atoms with Crippen LogP contribution in [0.4, 0.5) is 0 Å². The van der Waals surface area contributed by atoms with Gasteiger partial charge in [0.05, 0.1) is 0 Å². The molecule has 0 heterocycles. The third-order valence-corrected chi connectivity index (χ3v) is 4.64. The molecular weight excluding hydrogens is 206 g/mol. The van der Waals surface area contributed by atoms with E-state index in [0.717, 1.165) is 23.8 Å². The predicted molar refractivity (Wildman–Crippen MR) is 77.3 cm³/mol. The van der Waals surface area contributed by atoms with Crippen molar-refractivity contribution in [3.63, 3.8) is 0 Å². The average molecular weight is 239 g/mol. The van der Waals surface area contributed by atoms with Crippen molar-refractivity contribution in [2.24, 2.45) is 17.8 Å². The lowest BCUT2D eigenvalue weighted by Crippen LogP contribution is -2.42. The van der Waals surface area contributed by atoms with E-state index in [1.54, 1.807) is 0 Å². The van der Waals surface area contributed by atoms with E-state index in [1.807, 2.05) is 0 Å². The van der Waals surface area contributed by atoms with Gasteiger partial charge in [0.2, 0.25) is 0 Å². The maximum Gasteiger partial charge on any atom is 0.0121 e. The highest BCUT2D eigenvalue weighted by Gasteiger charge is 2.30. The summed E-state index contributed by atoms with van der Waals surface area (Å²) in [5.74, 6) is 2.80. The maximum absolute atomic E-state index is 3.66. The number of hydrogen-bond donors (Lipinski definition) is 1. The first-order chi connectivity index (χ1) is 8.22. The van der Waals surface area contributed by atoms with Gasteiger partial charge >= 0.3 is 0 Å². The normalized spacial score (nSPS) is 27.4. The Kier molecular flexibility index (Phi) is 7.18. The standard InChI is InChI=1S/C16H33N/c1-5-8-14(9-6-2)16(17-4)15-11-7-10-13(3)12-15/h13-17H,5-12H2,1-4H3. The Hall–Kier alpha value is -0.0400. The highest BCUT2D eigenvalue weighted by molar-refractivity contribution is 4.85. The molecule has 102 valence electrons. The Labute approximate surface area is 109 Å². The lowest BCUT2D eigenvalue weighted by molar-refractivity contribution is 0.170. The monoisotopic (exact) mass is 239 g/mol. The van der Waals surface area contributed by atoms with Crippen molar-refractivity contribution in [3.05, 3.63) is 0 Å². The molecule has 0 radical (unpaired) electrons. The molecule has 3 unspecified atom stereocenters. The Balaban J connectivity index is 2.58. The molecule has 1 aliphatic rings. The van der Waals surface area contributed by atoms with Crippen LogP contribution in [0.15, 0.2) is 0 Å². The minimum Gasteiger partial charge on any atom is -0.316 e. The highest BCUT2D eigenvalue weighted by atomic mass is 14.9. The maximum atomic E-state index is 3.66. The van der Waals surface area contributed by atoms with E-state index in [-0.39, 0.29) is 0 Å². The van der Waals surface area contributed by atoms with Crippen molar-refractivity contribution >= 4 is 0 Å². The van der Waals surface area contributed by atoms with Crippen molar-refractivity contribution < 1.29 is 0 Å². The third kappa shape index (κ3) is 4.62. The van der Waals surface area contributed by atoms with E-state index < -0.39 is 0 Å². The molecule has 0 aliphatic heterocycles. The van der Waals surface area contributed by atoms with Crippen LogP contribution < -0.4 is 5.32 Å². The van der Waals surface area contributed by atoms with Crippen LogP contribution >= 0.6 is 0 Å².